The van der Waals surface area contributed by atoms with Gasteiger partial charge in [-0.05, 0) is 42.8 Å². The number of rotatable bonds is 2. The molecule has 32 heavy (non-hydrogen) atoms. The van der Waals surface area contributed by atoms with Gasteiger partial charge in [0.25, 0.3) is 0 Å². The Hall–Kier alpha value is -3.57. The Morgan fingerprint density at radius 3 is 2.50 bits per heavy atom. The summed E-state index contributed by atoms with van der Waals surface area (Å²) in [6.45, 7) is 2.14. The molecule has 0 spiro atoms. The highest BCUT2D eigenvalue weighted by atomic mass is 79.9. The number of hydrogen-bond acceptors (Lipinski definition) is 2. The Kier molecular flexibility index (Phi) is 4.33. The van der Waals surface area contributed by atoms with Crippen molar-refractivity contribution in [3.05, 3.63) is 83.3 Å². The number of aromatic nitrogens is 2. The minimum absolute atomic E-state index is 0.312. The van der Waals surface area contributed by atoms with Gasteiger partial charge in [0.1, 0.15) is 0 Å². The lowest BCUT2D eigenvalue weighted by Gasteiger charge is -2.11. The van der Waals surface area contributed by atoms with Gasteiger partial charge in [0, 0.05) is 42.6 Å². The number of hydrogen-bond donors (Lipinski definition) is 1. The predicted octanol–water partition coefficient (Wildman–Crippen LogP) is 7.86. The lowest BCUT2D eigenvalue weighted by atomic mass is 9.98. The predicted molar refractivity (Wildman–Crippen MR) is 134 cm³/mol. The van der Waals surface area contributed by atoms with E-state index in [1.54, 1.807) is 4.57 Å². The first kappa shape index (κ1) is 19.1. The van der Waals surface area contributed by atoms with Crippen molar-refractivity contribution < 1.29 is 9.53 Å². The van der Waals surface area contributed by atoms with Crippen LogP contribution in [0.2, 0.25) is 0 Å². The van der Waals surface area contributed by atoms with Gasteiger partial charge in [-0.2, -0.15) is 0 Å². The Morgan fingerprint density at radius 1 is 0.906 bits per heavy atom. The van der Waals surface area contributed by atoms with Crippen LogP contribution in [0.3, 0.4) is 0 Å². The highest BCUT2D eigenvalue weighted by molar-refractivity contribution is 9.10. The van der Waals surface area contributed by atoms with Crippen LogP contribution in [0.5, 0.6) is 0 Å². The largest absolute Gasteiger partial charge is 0.449 e. The molecule has 0 radical (unpaired) electrons. The lowest BCUT2D eigenvalue weighted by Crippen LogP contribution is -2.13. The number of nitrogens with zero attached hydrogens (tertiary/aromatic N) is 1. The molecule has 0 saturated heterocycles. The van der Waals surface area contributed by atoms with Crippen molar-refractivity contribution in [1.82, 2.24) is 9.55 Å². The maximum absolute atomic E-state index is 13.3. The van der Waals surface area contributed by atoms with Crippen LogP contribution in [0.1, 0.15) is 6.92 Å². The van der Waals surface area contributed by atoms with E-state index < -0.39 is 0 Å². The van der Waals surface area contributed by atoms with E-state index in [0.29, 0.717) is 6.61 Å². The van der Waals surface area contributed by atoms with E-state index in [-0.39, 0.29) is 6.09 Å². The van der Waals surface area contributed by atoms with Crippen LogP contribution >= 0.6 is 15.9 Å². The minimum Gasteiger partial charge on any atom is -0.449 e. The highest BCUT2D eigenvalue weighted by Crippen LogP contribution is 2.44. The third-order valence-electron chi connectivity index (χ3n) is 5.99. The Labute approximate surface area is 192 Å². The van der Waals surface area contributed by atoms with Crippen LogP contribution in [0, 0.1) is 0 Å². The number of H-pyrrole nitrogens is 1. The first-order valence-electron chi connectivity index (χ1n) is 10.6. The van der Waals surface area contributed by atoms with Gasteiger partial charge >= 0.3 is 6.09 Å². The number of para-hydroxylation sites is 1. The van der Waals surface area contributed by atoms with Crippen LogP contribution in [0.4, 0.5) is 4.79 Å². The summed E-state index contributed by atoms with van der Waals surface area (Å²) in [6.07, 6.45) is -0.369. The van der Waals surface area contributed by atoms with Crippen molar-refractivity contribution in [2.24, 2.45) is 0 Å². The molecule has 0 atom stereocenters. The van der Waals surface area contributed by atoms with Crippen LogP contribution in [-0.4, -0.2) is 22.3 Å². The molecule has 0 fully saturated rings. The molecule has 0 unspecified atom stereocenters. The molecule has 6 rings (SSSR count). The van der Waals surface area contributed by atoms with E-state index in [9.17, 15) is 4.79 Å². The van der Waals surface area contributed by atoms with E-state index in [1.165, 1.54) is 0 Å². The molecule has 2 aromatic heterocycles. The first-order valence-corrected chi connectivity index (χ1v) is 11.4. The average molecular weight is 483 g/mol. The van der Waals surface area contributed by atoms with E-state index in [1.807, 2.05) is 49.4 Å². The molecule has 1 N–H and O–H groups in total. The second kappa shape index (κ2) is 7.24. The summed E-state index contributed by atoms with van der Waals surface area (Å²) >= 11 is 3.63. The summed E-state index contributed by atoms with van der Waals surface area (Å²) in [7, 11) is 0. The maximum Gasteiger partial charge on any atom is 0.418 e. The summed E-state index contributed by atoms with van der Waals surface area (Å²) in [5, 5.41) is 4.30. The van der Waals surface area contributed by atoms with Crippen molar-refractivity contribution in [1.29, 1.82) is 0 Å². The average Bonchev–Trinajstić information content (AvgIpc) is 3.34. The highest BCUT2D eigenvalue weighted by Gasteiger charge is 2.24. The zero-order valence-electron chi connectivity index (χ0n) is 17.4. The second-order valence-corrected chi connectivity index (χ2v) is 8.72. The Balaban J connectivity index is 1.93. The summed E-state index contributed by atoms with van der Waals surface area (Å²) in [5.41, 5.74) is 5.84. The molecule has 0 aliphatic rings. The lowest BCUT2D eigenvalue weighted by molar-refractivity contribution is 0.156. The number of fused-ring (bicyclic) bond motifs is 7. The van der Waals surface area contributed by atoms with Crippen LogP contribution in [0.15, 0.2) is 83.3 Å². The molecule has 0 aliphatic carbocycles. The number of halogens is 1. The van der Waals surface area contributed by atoms with Crippen LogP contribution < -0.4 is 0 Å². The van der Waals surface area contributed by atoms with Gasteiger partial charge < -0.3 is 9.72 Å². The quantitative estimate of drug-likeness (QED) is 0.273. The molecule has 0 aliphatic heterocycles. The molecular formula is C27H19BrN2O2. The molecule has 5 heteroatoms. The number of carbonyl (C=O) groups excluding carboxylic acids is 1. The molecule has 4 nitrogen and oxygen atoms in total. The summed E-state index contributed by atoms with van der Waals surface area (Å²) < 4.78 is 8.20. The Bertz CT molecular complexity index is 1660. The fourth-order valence-corrected chi connectivity index (χ4v) is 5.10. The molecular weight excluding hydrogens is 464 g/mol. The van der Waals surface area contributed by atoms with Crippen LogP contribution in [-0.2, 0) is 4.74 Å². The van der Waals surface area contributed by atoms with E-state index in [0.717, 1.165) is 59.2 Å². The maximum atomic E-state index is 13.3. The number of nitrogens with one attached hydrogen (secondary N) is 1. The molecule has 0 saturated carbocycles. The topological polar surface area (TPSA) is 47.0 Å². The standard InChI is InChI=1S/C27H19BrN2O2/c1-2-32-27(31)30-23-13-12-17(28)14-20(23)25-24-18-10-6-7-11-21(18)29-22(24)15-19(26(25)30)16-8-4-3-5-9-16/h3-15,29H,2H2,1H3. The van der Waals surface area contributed by atoms with Gasteiger partial charge in [-0.1, -0.05) is 64.5 Å². The molecule has 4 aromatic carbocycles. The number of ether oxygens (including phenoxy) is 1. The fraction of sp³-hybridized carbons (Fsp3) is 0.0741. The molecule has 0 amide bonds. The fourth-order valence-electron chi connectivity index (χ4n) is 4.74. The molecule has 156 valence electrons. The zero-order chi connectivity index (χ0) is 21.8. The van der Waals surface area contributed by atoms with Crippen molar-refractivity contribution in [2.75, 3.05) is 6.61 Å². The normalized spacial score (nSPS) is 11.7. The van der Waals surface area contributed by atoms with E-state index in [4.69, 9.17) is 4.74 Å². The number of benzene rings is 4. The zero-order valence-corrected chi connectivity index (χ0v) is 18.9. The number of carbonyl (C=O) groups is 1. The molecule has 2 heterocycles. The monoisotopic (exact) mass is 482 g/mol. The molecule has 0 bridgehead atoms. The smallest absolute Gasteiger partial charge is 0.418 e. The van der Waals surface area contributed by atoms with Crippen molar-refractivity contribution in [3.8, 4) is 11.1 Å². The van der Waals surface area contributed by atoms with Gasteiger partial charge in [-0.3, -0.25) is 0 Å². The van der Waals surface area contributed by atoms with Gasteiger partial charge in [0.05, 0.1) is 17.6 Å². The second-order valence-electron chi connectivity index (χ2n) is 7.80. The Morgan fingerprint density at radius 2 is 1.69 bits per heavy atom. The minimum atomic E-state index is -0.369. The van der Waals surface area contributed by atoms with E-state index in [2.05, 4.69) is 57.3 Å². The summed E-state index contributed by atoms with van der Waals surface area (Å²) in [6, 6.07) is 26.7. The van der Waals surface area contributed by atoms with Gasteiger partial charge in [0.2, 0.25) is 0 Å². The van der Waals surface area contributed by atoms with E-state index >= 15 is 0 Å². The van der Waals surface area contributed by atoms with Crippen molar-refractivity contribution in [3.63, 3.8) is 0 Å². The third-order valence-corrected chi connectivity index (χ3v) is 6.49. The van der Waals surface area contributed by atoms with Gasteiger partial charge in [-0.15, -0.1) is 0 Å². The van der Waals surface area contributed by atoms with Gasteiger partial charge in [0.15, 0.2) is 0 Å². The summed E-state index contributed by atoms with van der Waals surface area (Å²) in [4.78, 5) is 16.8. The van der Waals surface area contributed by atoms with Gasteiger partial charge in [-0.25, -0.2) is 9.36 Å². The summed E-state index contributed by atoms with van der Waals surface area (Å²) in [5.74, 6) is 0. The molecule has 6 aromatic rings. The SMILES string of the molecule is CCOC(=O)n1c2ccc(Br)cc2c2c3c(cc(-c4ccccc4)c21)[nH]c1ccccc13. The first-order chi connectivity index (χ1) is 15.7. The van der Waals surface area contributed by atoms with Crippen molar-refractivity contribution in [2.45, 2.75) is 6.92 Å². The third kappa shape index (κ3) is 2.71. The van der Waals surface area contributed by atoms with Crippen molar-refractivity contribution >= 4 is 65.6 Å². The number of aromatic amines is 1. The van der Waals surface area contributed by atoms with Crippen LogP contribution in [0.25, 0.3) is 54.7 Å².